The fraction of sp³-hybridized carbons (Fsp3) is 0.471. The van der Waals surface area contributed by atoms with Crippen LogP contribution in [0.25, 0.3) is 0 Å². The first-order chi connectivity index (χ1) is 10.2. The maximum absolute atomic E-state index is 12.7. The number of carbonyl (C=O) groups is 1. The van der Waals surface area contributed by atoms with Crippen LogP contribution in [-0.2, 0) is 4.74 Å². The summed E-state index contributed by atoms with van der Waals surface area (Å²) in [6.45, 7) is 3.15. The van der Waals surface area contributed by atoms with Crippen molar-refractivity contribution in [3.05, 3.63) is 34.9 Å². The molecule has 0 saturated carbocycles. The molecule has 1 atom stereocenters. The first-order valence-electron chi connectivity index (χ1n) is 7.18. The lowest BCUT2D eigenvalue weighted by Crippen LogP contribution is -2.43. The minimum Gasteiger partial charge on any atom is -0.384 e. The molecule has 0 aromatic heterocycles. The van der Waals surface area contributed by atoms with Gasteiger partial charge < -0.3 is 14.7 Å². The summed E-state index contributed by atoms with van der Waals surface area (Å²) in [5.41, 5.74) is 2.36. The molecule has 1 N–H and O–H groups in total. The van der Waals surface area contributed by atoms with Crippen LogP contribution in [0.4, 0.5) is 0 Å². The summed E-state index contributed by atoms with van der Waals surface area (Å²) in [6, 6.07) is 5.56. The third-order valence-corrected chi connectivity index (χ3v) is 3.78. The van der Waals surface area contributed by atoms with E-state index in [1.54, 1.807) is 13.2 Å². The van der Waals surface area contributed by atoms with Crippen LogP contribution >= 0.6 is 0 Å². The highest BCUT2D eigenvalue weighted by atomic mass is 16.5. The first kappa shape index (κ1) is 15.6. The summed E-state index contributed by atoms with van der Waals surface area (Å²) >= 11 is 0. The molecule has 1 fully saturated rings. The van der Waals surface area contributed by atoms with E-state index < -0.39 is 0 Å². The van der Waals surface area contributed by atoms with Crippen LogP contribution in [0, 0.1) is 18.8 Å². The monoisotopic (exact) mass is 287 g/mol. The van der Waals surface area contributed by atoms with Crippen molar-refractivity contribution in [2.45, 2.75) is 25.9 Å². The molecular weight excluding hydrogens is 266 g/mol. The Balaban J connectivity index is 2.21. The van der Waals surface area contributed by atoms with E-state index in [4.69, 9.17) is 9.84 Å². The van der Waals surface area contributed by atoms with Gasteiger partial charge in [0.05, 0.1) is 6.10 Å². The van der Waals surface area contributed by atoms with E-state index in [1.807, 2.05) is 24.0 Å². The highest BCUT2D eigenvalue weighted by Gasteiger charge is 2.25. The van der Waals surface area contributed by atoms with Crippen molar-refractivity contribution in [1.82, 2.24) is 4.90 Å². The lowest BCUT2D eigenvalue weighted by Gasteiger charge is -2.32. The average molecular weight is 287 g/mol. The number of benzene rings is 1. The van der Waals surface area contributed by atoms with E-state index in [2.05, 4.69) is 11.8 Å². The molecule has 4 nitrogen and oxygen atoms in total. The van der Waals surface area contributed by atoms with E-state index in [-0.39, 0.29) is 18.6 Å². The summed E-state index contributed by atoms with van der Waals surface area (Å²) in [5, 5.41) is 8.76. The molecule has 21 heavy (non-hydrogen) atoms. The fourth-order valence-electron chi connectivity index (χ4n) is 2.56. The standard InChI is InChI=1S/C17H21NO3/c1-13-7-8-14(5-4-10-19)11-16(13)17(20)18-9-3-6-15(12-18)21-2/h7-8,11,15,19H,3,6,9-10,12H2,1-2H3. The van der Waals surface area contributed by atoms with Crippen LogP contribution in [0.15, 0.2) is 18.2 Å². The molecule has 112 valence electrons. The molecule has 0 bridgehead atoms. The zero-order chi connectivity index (χ0) is 15.2. The highest BCUT2D eigenvalue weighted by molar-refractivity contribution is 5.96. The van der Waals surface area contributed by atoms with E-state index >= 15 is 0 Å². The van der Waals surface area contributed by atoms with Gasteiger partial charge in [-0.1, -0.05) is 17.9 Å². The average Bonchev–Trinajstić information content (AvgIpc) is 2.53. The number of likely N-dealkylation sites (tertiary alicyclic amines) is 1. The fourth-order valence-corrected chi connectivity index (χ4v) is 2.56. The largest absolute Gasteiger partial charge is 0.384 e. The normalized spacial score (nSPS) is 18.0. The molecule has 0 radical (unpaired) electrons. The number of hydrogen-bond donors (Lipinski definition) is 1. The Kier molecular flexibility index (Phi) is 5.38. The molecule has 1 amide bonds. The molecule has 1 heterocycles. The number of amides is 1. The number of aryl methyl sites for hydroxylation is 1. The van der Waals surface area contributed by atoms with Crippen molar-refractivity contribution in [3.8, 4) is 11.8 Å². The Morgan fingerprint density at radius 3 is 3.05 bits per heavy atom. The van der Waals surface area contributed by atoms with Crippen LogP contribution in [0.2, 0.25) is 0 Å². The Labute approximate surface area is 125 Å². The predicted octanol–water partition coefficient (Wildman–Crippen LogP) is 1.59. The number of carbonyl (C=O) groups excluding carboxylic acids is 1. The molecule has 1 aromatic carbocycles. The van der Waals surface area contributed by atoms with Gasteiger partial charge in [0.2, 0.25) is 0 Å². The summed E-state index contributed by atoms with van der Waals surface area (Å²) in [4.78, 5) is 14.5. The Morgan fingerprint density at radius 2 is 2.33 bits per heavy atom. The second-order valence-corrected chi connectivity index (χ2v) is 5.24. The Bertz CT molecular complexity index is 571. The van der Waals surface area contributed by atoms with Gasteiger partial charge in [-0.2, -0.15) is 0 Å². The maximum Gasteiger partial charge on any atom is 0.254 e. The van der Waals surface area contributed by atoms with Gasteiger partial charge in [-0.15, -0.1) is 0 Å². The van der Waals surface area contributed by atoms with Gasteiger partial charge in [0.1, 0.15) is 6.61 Å². The number of hydrogen-bond acceptors (Lipinski definition) is 3. The molecule has 1 aliphatic heterocycles. The quantitative estimate of drug-likeness (QED) is 0.840. The van der Waals surface area contributed by atoms with Gasteiger partial charge >= 0.3 is 0 Å². The number of aliphatic hydroxyl groups is 1. The van der Waals surface area contributed by atoms with Gasteiger partial charge in [-0.05, 0) is 37.5 Å². The van der Waals surface area contributed by atoms with Crippen molar-refractivity contribution in [3.63, 3.8) is 0 Å². The smallest absolute Gasteiger partial charge is 0.254 e. The Hall–Kier alpha value is -1.83. The molecule has 1 unspecified atom stereocenters. The minimum atomic E-state index is -0.182. The summed E-state index contributed by atoms with van der Waals surface area (Å²) < 4.78 is 5.37. The second-order valence-electron chi connectivity index (χ2n) is 5.24. The number of piperidine rings is 1. The highest BCUT2D eigenvalue weighted by Crippen LogP contribution is 2.18. The maximum atomic E-state index is 12.7. The van der Waals surface area contributed by atoms with Crippen LogP contribution in [-0.4, -0.2) is 48.8 Å². The Morgan fingerprint density at radius 1 is 1.52 bits per heavy atom. The summed E-state index contributed by atoms with van der Waals surface area (Å²) in [6.07, 6.45) is 2.09. The van der Waals surface area contributed by atoms with Crippen molar-refractivity contribution >= 4 is 5.91 Å². The molecule has 2 rings (SSSR count). The van der Waals surface area contributed by atoms with Crippen LogP contribution in [0.5, 0.6) is 0 Å². The third kappa shape index (κ3) is 3.84. The second kappa shape index (κ2) is 7.26. The topological polar surface area (TPSA) is 49.8 Å². The summed E-state index contributed by atoms with van der Waals surface area (Å²) in [7, 11) is 1.69. The number of rotatable bonds is 2. The number of methoxy groups -OCH3 is 1. The van der Waals surface area contributed by atoms with E-state index in [1.165, 1.54) is 0 Å². The van der Waals surface area contributed by atoms with Crippen molar-refractivity contribution in [1.29, 1.82) is 0 Å². The van der Waals surface area contributed by atoms with Gasteiger partial charge in [-0.25, -0.2) is 0 Å². The molecule has 0 aliphatic carbocycles. The van der Waals surface area contributed by atoms with E-state index in [9.17, 15) is 4.79 Å². The van der Waals surface area contributed by atoms with E-state index in [0.717, 1.165) is 30.5 Å². The molecular formula is C17H21NO3. The summed E-state index contributed by atoms with van der Waals surface area (Å²) in [5.74, 6) is 5.48. The van der Waals surface area contributed by atoms with Crippen molar-refractivity contribution < 1.29 is 14.6 Å². The molecule has 4 heteroatoms. The molecule has 1 aliphatic rings. The predicted molar refractivity (Wildman–Crippen MR) is 81.1 cm³/mol. The number of ether oxygens (including phenoxy) is 1. The van der Waals surface area contributed by atoms with Crippen LogP contribution in [0.3, 0.4) is 0 Å². The van der Waals surface area contributed by atoms with E-state index in [0.29, 0.717) is 12.1 Å². The van der Waals surface area contributed by atoms with Gasteiger partial charge in [-0.3, -0.25) is 4.79 Å². The number of nitrogens with zero attached hydrogens (tertiary/aromatic N) is 1. The number of aliphatic hydroxyl groups excluding tert-OH is 1. The minimum absolute atomic E-state index is 0.0295. The molecule has 1 aromatic rings. The van der Waals surface area contributed by atoms with Gasteiger partial charge in [0.15, 0.2) is 0 Å². The van der Waals surface area contributed by atoms with Crippen molar-refractivity contribution in [2.24, 2.45) is 0 Å². The zero-order valence-corrected chi connectivity index (χ0v) is 12.6. The van der Waals surface area contributed by atoms with Crippen LogP contribution in [0.1, 0.15) is 34.3 Å². The molecule has 0 spiro atoms. The lowest BCUT2D eigenvalue weighted by molar-refractivity contribution is 0.0268. The van der Waals surface area contributed by atoms with Gasteiger partial charge in [0.25, 0.3) is 5.91 Å². The zero-order valence-electron chi connectivity index (χ0n) is 12.6. The molecule has 1 saturated heterocycles. The van der Waals surface area contributed by atoms with Gasteiger partial charge in [0, 0.05) is 31.3 Å². The first-order valence-corrected chi connectivity index (χ1v) is 7.18. The lowest BCUT2D eigenvalue weighted by atomic mass is 10.0. The third-order valence-electron chi connectivity index (χ3n) is 3.78. The van der Waals surface area contributed by atoms with Crippen molar-refractivity contribution in [2.75, 3.05) is 26.8 Å². The SMILES string of the molecule is COC1CCCN(C(=O)c2cc(C#CCO)ccc2C)C1. The van der Waals surface area contributed by atoms with Crippen LogP contribution < -0.4 is 0 Å².